The Bertz CT molecular complexity index is 437. The number of ether oxygens (including phenoxy) is 2. The van der Waals surface area contributed by atoms with Gasteiger partial charge in [0.15, 0.2) is 6.10 Å². The Kier molecular flexibility index (Phi) is 8.35. The topological polar surface area (TPSA) is 90.6 Å². The number of benzene rings is 1. The molecule has 0 aliphatic carbocycles. The fourth-order valence-corrected chi connectivity index (χ4v) is 1.32. The van der Waals surface area contributed by atoms with Crippen molar-refractivity contribution in [2.24, 2.45) is 0 Å². The lowest BCUT2D eigenvalue weighted by molar-refractivity contribution is -0.129. The molecule has 1 aromatic rings. The van der Waals surface area contributed by atoms with Gasteiger partial charge in [-0.2, -0.15) is 0 Å². The summed E-state index contributed by atoms with van der Waals surface area (Å²) >= 11 is 0. The minimum atomic E-state index is -0.859. The van der Waals surface area contributed by atoms with Gasteiger partial charge in [0.2, 0.25) is 0 Å². The van der Waals surface area contributed by atoms with Gasteiger partial charge < -0.3 is 20.5 Å². The van der Waals surface area contributed by atoms with Crippen LogP contribution in [-0.2, 0) is 14.3 Å². The molecule has 1 rings (SSSR count). The molecule has 0 saturated heterocycles. The van der Waals surface area contributed by atoms with Crippen LogP contribution in [0.25, 0.3) is 0 Å². The first-order valence-corrected chi connectivity index (χ1v) is 5.87. The molecular formula is C13H19ClN2O4. The van der Waals surface area contributed by atoms with Crippen molar-refractivity contribution in [2.45, 2.75) is 13.0 Å². The molecule has 0 radical (unpaired) electrons. The number of carbonyl (C=O) groups excluding carboxylic acids is 2. The number of rotatable bonds is 6. The summed E-state index contributed by atoms with van der Waals surface area (Å²) in [6.07, 6.45) is -0.859. The number of carbonyl (C=O) groups is 2. The second kappa shape index (κ2) is 9.17. The first kappa shape index (κ1) is 18.2. The molecule has 0 bridgehead atoms. The highest BCUT2D eigenvalue weighted by molar-refractivity contribution is 5.92. The Morgan fingerprint density at radius 2 is 1.90 bits per heavy atom. The number of esters is 1. The maximum absolute atomic E-state index is 11.7. The van der Waals surface area contributed by atoms with E-state index in [4.69, 9.17) is 15.2 Å². The predicted molar refractivity (Wildman–Crippen MR) is 77.9 cm³/mol. The maximum atomic E-state index is 11.7. The van der Waals surface area contributed by atoms with Gasteiger partial charge in [0.05, 0.1) is 12.2 Å². The van der Waals surface area contributed by atoms with Crippen LogP contribution >= 0.6 is 12.4 Å². The van der Waals surface area contributed by atoms with Crippen LogP contribution in [0.3, 0.4) is 0 Å². The molecule has 3 N–H and O–H groups in total. The van der Waals surface area contributed by atoms with Crippen molar-refractivity contribution >= 4 is 30.0 Å². The quantitative estimate of drug-likeness (QED) is 0.465. The molecule has 0 heterocycles. The zero-order valence-electron chi connectivity index (χ0n) is 11.4. The van der Waals surface area contributed by atoms with Gasteiger partial charge in [-0.3, -0.25) is 4.79 Å². The van der Waals surface area contributed by atoms with Gasteiger partial charge in [0.1, 0.15) is 0 Å². The molecular weight excluding hydrogens is 284 g/mol. The molecule has 6 nitrogen and oxygen atoms in total. The van der Waals surface area contributed by atoms with Crippen LogP contribution < -0.4 is 11.1 Å². The Balaban J connectivity index is 0.00000361. The van der Waals surface area contributed by atoms with Gasteiger partial charge in [-0.25, -0.2) is 4.79 Å². The van der Waals surface area contributed by atoms with E-state index in [0.717, 1.165) is 0 Å². The van der Waals surface area contributed by atoms with Gasteiger partial charge in [-0.1, -0.05) is 0 Å². The minimum Gasteiger partial charge on any atom is -0.449 e. The number of anilines is 1. The fraction of sp³-hybridized carbons (Fsp3) is 0.385. The molecule has 0 saturated carbocycles. The largest absolute Gasteiger partial charge is 0.449 e. The second-order valence-electron chi connectivity index (χ2n) is 3.95. The van der Waals surface area contributed by atoms with E-state index in [9.17, 15) is 9.59 Å². The standard InChI is InChI=1S/C13H18N2O4.ClH/c1-9(12(16)15-7-8-18-2)19-13(17)10-3-5-11(14)6-4-10;/h3-6,9H,7-8,14H2,1-2H3,(H,15,16);1H. The van der Waals surface area contributed by atoms with Crippen LogP contribution in [0, 0.1) is 0 Å². The zero-order chi connectivity index (χ0) is 14.3. The smallest absolute Gasteiger partial charge is 0.338 e. The first-order chi connectivity index (χ1) is 9.04. The Morgan fingerprint density at radius 1 is 1.30 bits per heavy atom. The molecule has 0 aliphatic rings. The molecule has 0 spiro atoms. The zero-order valence-corrected chi connectivity index (χ0v) is 12.2. The highest BCUT2D eigenvalue weighted by atomic mass is 35.5. The maximum Gasteiger partial charge on any atom is 0.338 e. The van der Waals surface area contributed by atoms with E-state index in [1.807, 2.05) is 0 Å². The third kappa shape index (κ3) is 5.90. The van der Waals surface area contributed by atoms with Crippen molar-refractivity contribution in [1.82, 2.24) is 5.32 Å². The normalized spacial score (nSPS) is 11.1. The van der Waals surface area contributed by atoms with E-state index >= 15 is 0 Å². The van der Waals surface area contributed by atoms with E-state index in [1.165, 1.54) is 14.0 Å². The van der Waals surface area contributed by atoms with Crippen LogP contribution in [0.1, 0.15) is 17.3 Å². The highest BCUT2D eigenvalue weighted by Crippen LogP contribution is 2.08. The summed E-state index contributed by atoms with van der Waals surface area (Å²) in [5, 5.41) is 2.59. The van der Waals surface area contributed by atoms with E-state index < -0.39 is 12.1 Å². The van der Waals surface area contributed by atoms with Gasteiger partial charge in [-0.05, 0) is 31.2 Å². The number of methoxy groups -OCH3 is 1. The lowest BCUT2D eigenvalue weighted by atomic mass is 10.2. The molecule has 0 aliphatic heterocycles. The summed E-state index contributed by atoms with van der Waals surface area (Å²) in [6.45, 7) is 2.29. The first-order valence-electron chi connectivity index (χ1n) is 5.87. The van der Waals surface area contributed by atoms with Crippen LogP contribution in [-0.4, -0.2) is 38.2 Å². The van der Waals surface area contributed by atoms with Crippen molar-refractivity contribution in [3.8, 4) is 0 Å². The van der Waals surface area contributed by atoms with Gasteiger partial charge >= 0.3 is 5.97 Å². The minimum absolute atomic E-state index is 0. The third-order valence-corrected chi connectivity index (χ3v) is 2.40. The summed E-state index contributed by atoms with van der Waals surface area (Å²) < 4.78 is 9.84. The van der Waals surface area contributed by atoms with Crippen LogP contribution in [0.2, 0.25) is 0 Å². The highest BCUT2D eigenvalue weighted by Gasteiger charge is 2.18. The van der Waals surface area contributed by atoms with Crippen molar-refractivity contribution in [3.63, 3.8) is 0 Å². The number of halogens is 1. The SMILES string of the molecule is COCCNC(=O)C(C)OC(=O)c1ccc(N)cc1.Cl. The Morgan fingerprint density at radius 3 is 2.45 bits per heavy atom. The number of amides is 1. The Labute approximate surface area is 124 Å². The van der Waals surface area contributed by atoms with Crippen molar-refractivity contribution in [3.05, 3.63) is 29.8 Å². The Hall–Kier alpha value is -1.79. The monoisotopic (exact) mass is 302 g/mol. The molecule has 1 aromatic carbocycles. The van der Waals surface area contributed by atoms with Crippen molar-refractivity contribution in [2.75, 3.05) is 26.0 Å². The van der Waals surface area contributed by atoms with E-state index in [1.54, 1.807) is 24.3 Å². The fourth-order valence-electron chi connectivity index (χ4n) is 1.32. The van der Waals surface area contributed by atoms with Crippen LogP contribution in [0.15, 0.2) is 24.3 Å². The average Bonchev–Trinajstić information content (AvgIpc) is 2.39. The summed E-state index contributed by atoms with van der Waals surface area (Å²) in [7, 11) is 1.54. The summed E-state index contributed by atoms with van der Waals surface area (Å²) in [5.41, 5.74) is 6.43. The van der Waals surface area contributed by atoms with Crippen LogP contribution in [0.4, 0.5) is 5.69 Å². The summed E-state index contributed by atoms with van der Waals surface area (Å²) in [6, 6.07) is 6.29. The van der Waals surface area contributed by atoms with Crippen LogP contribution in [0.5, 0.6) is 0 Å². The molecule has 112 valence electrons. The molecule has 7 heteroatoms. The lowest BCUT2D eigenvalue weighted by Crippen LogP contribution is -2.37. The molecule has 1 atom stereocenters. The number of hydrogen-bond acceptors (Lipinski definition) is 5. The van der Waals surface area contributed by atoms with E-state index in [2.05, 4.69) is 5.32 Å². The number of nitrogens with one attached hydrogen (secondary N) is 1. The van der Waals surface area contributed by atoms with E-state index in [-0.39, 0.29) is 18.3 Å². The molecule has 1 amide bonds. The van der Waals surface area contributed by atoms with Crippen molar-refractivity contribution in [1.29, 1.82) is 0 Å². The van der Waals surface area contributed by atoms with Crippen molar-refractivity contribution < 1.29 is 19.1 Å². The number of hydrogen-bond donors (Lipinski definition) is 2. The van der Waals surface area contributed by atoms with Gasteiger partial charge in [0.25, 0.3) is 5.91 Å². The number of nitrogen functional groups attached to an aromatic ring is 1. The molecule has 1 unspecified atom stereocenters. The third-order valence-electron chi connectivity index (χ3n) is 2.40. The van der Waals surface area contributed by atoms with E-state index in [0.29, 0.717) is 24.4 Å². The molecule has 0 fully saturated rings. The summed E-state index contributed by atoms with van der Waals surface area (Å²) in [4.78, 5) is 23.3. The molecule has 20 heavy (non-hydrogen) atoms. The second-order valence-corrected chi connectivity index (χ2v) is 3.95. The predicted octanol–water partition coefficient (Wildman–Crippen LogP) is 0.998. The average molecular weight is 303 g/mol. The van der Waals surface area contributed by atoms with Gasteiger partial charge in [0, 0.05) is 19.3 Å². The lowest BCUT2D eigenvalue weighted by Gasteiger charge is -2.13. The summed E-state index contributed by atoms with van der Waals surface area (Å²) in [5.74, 6) is -0.921. The number of nitrogens with two attached hydrogens (primary N) is 1. The molecule has 0 aromatic heterocycles. The van der Waals surface area contributed by atoms with Gasteiger partial charge in [-0.15, -0.1) is 12.4 Å².